The number of nitrogens with one attached hydrogen (secondary N) is 1. The average Bonchev–Trinajstić information content (AvgIpc) is 3.06. The van der Waals surface area contributed by atoms with E-state index >= 15 is 0 Å². The Morgan fingerprint density at radius 2 is 1.90 bits per heavy atom. The van der Waals surface area contributed by atoms with Crippen LogP contribution in [0.4, 0.5) is 0 Å². The van der Waals surface area contributed by atoms with E-state index in [0.717, 1.165) is 6.42 Å². The van der Waals surface area contributed by atoms with Crippen LogP contribution in [-0.2, 0) is 5.60 Å². The van der Waals surface area contributed by atoms with E-state index in [4.69, 9.17) is 4.74 Å². The fourth-order valence-corrected chi connectivity index (χ4v) is 4.78. The summed E-state index contributed by atoms with van der Waals surface area (Å²) < 4.78 is 5.20. The molecule has 2 aromatic rings. The number of ketones is 2. The molecule has 3 aliphatic rings. The molecular weight excluding hydrogens is 380 g/mol. The van der Waals surface area contributed by atoms with Crippen LogP contribution < -0.4 is 10.1 Å². The zero-order valence-corrected chi connectivity index (χ0v) is 16.9. The van der Waals surface area contributed by atoms with Crippen LogP contribution in [0, 0.1) is 0 Å². The molecule has 1 aliphatic carbocycles. The third-order valence-electron chi connectivity index (χ3n) is 6.17. The number of carbonyl (C=O) groups is 2. The molecular formula is C24H22N2O4. The molecule has 0 saturated carbocycles. The Bertz CT molecular complexity index is 1150. The largest absolute Gasteiger partial charge is 0.497 e. The van der Waals surface area contributed by atoms with Gasteiger partial charge in [-0.15, -0.1) is 0 Å². The van der Waals surface area contributed by atoms with E-state index in [9.17, 15) is 14.7 Å². The maximum Gasteiger partial charge on any atom is 0.196 e. The quantitative estimate of drug-likeness (QED) is 0.769. The normalized spacial score (nSPS) is 22.4. The number of allylic oxidation sites excluding steroid dienone is 1. The lowest BCUT2D eigenvalue weighted by Crippen LogP contribution is -2.42. The van der Waals surface area contributed by atoms with Crippen molar-refractivity contribution in [2.75, 3.05) is 20.2 Å². The summed E-state index contributed by atoms with van der Waals surface area (Å²) in [4.78, 5) is 28.7. The molecule has 2 aliphatic heterocycles. The van der Waals surface area contributed by atoms with Crippen LogP contribution in [0.15, 0.2) is 71.2 Å². The molecule has 152 valence electrons. The number of benzene rings is 2. The first-order valence-electron chi connectivity index (χ1n) is 10.0. The van der Waals surface area contributed by atoms with Crippen molar-refractivity contribution in [3.05, 3.63) is 87.9 Å². The lowest BCUT2D eigenvalue weighted by Gasteiger charge is -2.37. The van der Waals surface area contributed by atoms with E-state index in [2.05, 4.69) is 5.32 Å². The van der Waals surface area contributed by atoms with Crippen LogP contribution in [0.3, 0.4) is 0 Å². The zero-order valence-electron chi connectivity index (χ0n) is 16.9. The molecule has 2 aromatic carbocycles. The van der Waals surface area contributed by atoms with Gasteiger partial charge in [0.1, 0.15) is 11.6 Å². The smallest absolute Gasteiger partial charge is 0.196 e. The molecule has 0 radical (unpaired) electrons. The number of fused-ring (bicyclic) bond motifs is 5. The highest BCUT2D eigenvalue weighted by atomic mass is 16.5. The molecule has 0 amide bonds. The Hall–Kier alpha value is -3.38. The maximum absolute atomic E-state index is 13.7. The van der Waals surface area contributed by atoms with Gasteiger partial charge in [0.2, 0.25) is 0 Å². The van der Waals surface area contributed by atoms with E-state index in [-0.39, 0.29) is 17.1 Å². The minimum atomic E-state index is -1.68. The number of hydrogen-bond donors (Lipinski definition) is 2. The molecule has 0 aromatic heterocycles. The highest BCUT2D eigenvalue weighted by Crippen LogP contribution is 2.53. The van der Waals surface area contributed by atoms with Gasteiger partial charge in [-0.05, 0) is 37.6 Å². The van der Waals surface area contributed by atoms with Crippen molar-refractivity contribution >= 4 is 11.6 Å². The van der Waals surface area contributed by atoms with Gasteiger partial charge >= 0.3 is 0 Å². The fraction of sp³-hybridized carbons (Fsp3) is 0.250. The van der Waals surface area contributed by atoms with Gasteiger partial charge in [0.15, 0.2) is 17.2 Å². The molecule has 1 atom stereocenters. The Kier molecular flexibility index (Phi) is 4.08. The van der Waals surface area contributed by atoms with Crippen molar-refractivity contribution in [3.8, 4) is 5.75 Å². The van der Waals surface area contributed by atoms with Gasteiger partial charge in [-0.1, -0.05) is 24.3 Å². The Morgan fingerprint density at radius 1 is 1.17 bits per heavy atom. The van der Waals surface area contributed by atoms with Crippen LogP contribution in [0.2, 0.25) is 0 Å². The minimum absolute atomic E-state index is 0.117. The summed E-state index contributed by atoms with van der Waals surface area (Å²) in [6, 6.07) is 13.8. The predicted octanol–water partition coefficient (Wildman–Crippen LogP) is 2.76. The number of nitrogens with zero attached hydrogens (tertiary/aromatic N) is 1. The molecule has 1 saturated heterocycles. The molecule has 0 spiro atoms. The van der Waals surface area contributed by atoms with Gasteiger partial charge in [0.25, 0.3) is 0 Å². The van der Waals surface area contributed by atoms with Crippen LogP contribution in [0.25, 0.3) is 0 Å². The number of hydrogen-bond acceptors (Lipinski definition) is 6. The average molecular weight is 402 g/mol. The van der Waals surface area contributed by atoms with Crippen molar-refractivity contribution in [2.24, 2.45) is 0 Å². The molecule has 6 nitrogen and oxygen atoms in total. The number of Topliss-reactive ketones (excluding diaryl/α,β-unsaturated/α-hetero) is 2. The molecule has 2 heterocycles. The molecule has 30 heavy (non-hydrogen) atoms. The number of carbonyl (C=O) groups excluding carboxylic acids is 2. The second-order valence-electron chi connectivity index (χ2n) is 7.77. The van der Waals surface area contributed by atoms with Crippen molar-refractivity contribution in [2.45, 2.75) is 18.9 Å². The van der Waals surface area contributed by atoms with Crippen LogP contribution >= 0.6 is 0 Å². The topological polar surface area (TPSA) is 78.9 Å². The van der Waals surface area contributed by atoms with Gasteiger partial charge in [0, 0.05) is 35.4 Å². The number of aliphatic hydroxyl groups is 1. The molecule has 5 rings (SSSR count). The highest BCUT2D eigenvalue weighted by molar-refractivity contribution is 6.16. The second-order valence-corrected chi connectivity index (χ2v) is 7.77. The SMILES string of the molecule is COc1ccc(C(=O)C2=C3NCCCN3C3=C(C)C(=O)c4ccccc4C23O)cc1. The molecule has 2 N–H and O–H groups in total. The summed E-state index contributed by atoms with van der Waals surface area (Å²) in [5.41, 5.74) is 0.880. The van der Waals surface area contributed by atoms with E-state index < -0.39 is 5.60 Å². The summed E-state index contributed by atoms with van der Waals surface area (Å²) >= 11 is 0. The number of ether oxygens (including phenoxy) is 1. The summed E-state index contributed by atoms with van der Waals surface area (Å²) in [5, 5.41) is 15.5. The summed E-state index contributed by atoms with van der Waals surface area (Å²) in [7, 11) is 1.57. The number of methoxy groups -OCH3 is 1. The first-order valence-corrected chi connectivity index (χ1v) is 10.0. The maximum atomic E-state index is 13.7. The van der Waals surface area contributed by atoms with Gasteiger partial charge < -0.3 is 20.1 Å². The number of rotatable bonds is 3. The first-order chi connectivity index (χ1) is 14.5. The summed E-state index contributed by atoms with van der Waals surface area (Å²) in [6.07, 6.45) is 0.843. The lowest BCUT2D eigenvalue weighted by molar-refractivity contribution is 0.0764. The molecule has 0 bridgehead atoms. The van der Waals surface area contributed by atoms with Gasteiger partial charge in [-0.3, -0.25) is 9.59 Å². The van der Waals surface area contributed by atoms with E-state index in [0.29, 0.717) is 52.6 Å². The van der Waals surface area contributed by atoms with Crippen LogP contribution in [0.5, 0.6) is 5.75 Å². The fourth-order valence-electron chi connectivity index (χ4n) is 4.78. The van der Waals surface area contributed by atoms with Crippen molar-refractivity contribution in [3.63, 3.8) is 0 Å². The monoisotopic (exact) mass is 402 g/mol. The molecule has 1 fully saturated rings. The van der Waals surface area contributed by atoms with Crippen molar-refractivity contribution in [1.82, 2.24) is 10.2 Å². The molecule has 6 heteroatoms. The third kappa shape index (κ3) is 2.34. The summed E-state index contributed by atoms with van der Waals surface area (Å²) in [5.74, 6) is 0.843. The van der Waals surface area contributed by atoms with E-state index in [1.807, 2.05) is 4.90 Å². The van der Waals surface area contributed by atoms with Crippen molar-refractivity contribution in [1.29, 1.82) is 0 Å². The Labute approximate surface area is 174 Å². The minimum Gasteiger partial charge on any atom is -0.497 e. The molecule has 1 unspecified atom stereocenters. The zero-order chi connectivity index (χ0) is 21.0. The Morgan fingerprint density at radius 3 is 2.63 bits per heavy atom. The van der Waals surface area contributed by atoms with Gasteiger partial charge in [-0.2, -0.15) is 0 Å². The standard InChI is InChI=1S/C24H22N2O4/c1-14-20(27)17-6-3-4-7-18(17)24(29)19(23-25-12-5-13-26(23)22(14)24)21(28)15-8-10-16(30-2)11-9-15/h3-4,6-11,25,29H,5,12-13H2,1-2H3. The van der Waals surface area contributed by atoms with E-state index in [1.165, 1.54) is 0 Å². The highest BCUT2D eigenvalue weighted by Gasteiger charge is 2.57. The van der Waals surface area contributed by atoms with E-state index in [1.54, 1.807) is 62.6 Å². The van der Waals surface area contributed by atoms with Crippen LogP contribution in [-0.4, -0.2) is 41.8 Å². The predicted molar refractivity (Wildman–Crippen MR) is 111 cm³/mol. The lowest BCUT2D eigenvalue weighted by atomic mass is 9.73. The summed E-state index contributed by atoms with van der Waals surface area (Å²) in [6.45, 7) is 3.06. The second kappa shape index (κ2) is 6.57. The van der Waals surface area contributed by atoms with Crippen LogP contribution in [0.1, 0.15) is 39.6 Å². The van der Waals surface area contributed by atoms with Gasteiger partial charge in [-0.25, -0.2) is 0 Å². The Balaban J connectivity index is 1.76. The van der Waals surface area contributed by atoms with Crippen molar-refractivity contribution < 1.29 is 19.4 Å². The first kappa shape index (κ1) is 18.6. The third-order valence-corrected chi connectivity index (χ3v) is 6.17. The van der Waals surface area contributed by atoms with Gasteiger partial charge in [0.05, 0.1) is 18.4 Å².